The lowest BCUT2D eigenvalue weighted by molar-refractivity contribution is -0.137. The predicted molar refractivity (Wildman–Crippen MR) is 92.3 cm³/mol. The molecule has 23 heavy (non-hydrogen) atoms. The minimum atomic E-state index is -0.330. The fourth-order valence-corrected chi connectivity index (χ4v) is 1.23. The van der Waals surface area contributed by atoms with Crippen molar-refractivity contribution in [1.82, 2.24) is 0 Å². The average molecular weight is 316 g/mol. The summed E-state index contributed by atoms with van der Waals surface area (Å²) >= 11 is 0. The summed E-state index contributed by atoms with van der Waals surface area (Å²) in [6.45, 7) is 5.82. The van der Waals surface area contributed by atoms with Crippen LogP contribution < -0.4 is 0 Å². The summed E-state index contributed by atoms with van der Waals surface area (Å²) in [4.78, 5) is 10.3. The molecule has 0 saturated carbocycles. The van der Waals surface area contributed by atoms with E-state index in [1.54, 1.807) is 48.5 Å². The molecule has 0 spiro atoms. The molecule has 0 fully saturated rings. The van der Waals surface area contributed by atoms with Gasteiger partial charge in [0.15, 0.2) is 0 Å². The topological polar surface area (TPSA) is 66.8 Å². The van der Waals surface area contributed by atoms with E-state index in [4.69, 9.17) is 10.2 Å². The van der Waals surface area contributed by atoms with Crippen molar-refractivity contribution in [2.45, 2.75) is 19.8 Å². The number of phenols is 2. The number of esters is 1. The van der Waals surface area contributed by atoms with Crippen LogP contribution in [0.2, 0.25) is 0 Å². The van der Waals surface area contributed by atoms with Crippen molar-refractivity contribution in [3.8, 4) is 11.5 Å². The molecular weight excluding hydrogens is 292 g/mol. The first-order chi connectivity index (χ1) is 11.1. The molecule has 124 valence electrons. The summed E-state index contributed by atoms with van der Waals surface area (Å²) in [5.41, 5.74) is 0. The second kappa shape index (κ2) is 14.2. The lowest BCUT2D eigenvalue weighted by atomic mass is 10.3. The van der Waals surface area contributed by atoms with Gasteiger partial charge in [0, 0.05) is 6.08 Å². The van der Waals surface area contributed by atoms with Crippen LogP contribution in [0, 0.1) is 0 Å². The van der Waals surface area contributed by atoms with Gasteiger partial charge in [-0.05, 0) is 30.7 Å². The van der Waals surface area contributed by atoms with Crippen LogP contribution in [-0.4, -0.2) is 22.8 Å². The molecule has 0 heterocycles. The average Bonchev–Trinajstić information content (AvgIpc) is 2.57. The third-order valence-electron chi connectivity index (χ3n) is 2.42. The molecule has 0 aliphatic heterocycles. The van der Waals surface area contributed by atoms with E-state index in [0.29, 0.717) is 18.1 Å². The molecule has 0 atom stereocenters. The van der Waals surface area contributed by atoms with E-state index >= 15 is 0 Å². The fraction of sp³-hybridized carbons (Fsp3) is 0.211. The first-order valence-corrected chi connectivity index (χ1v) is 7.37. The molecule has 2 N–H and O–H groups in total. The smallest absolute Gasteiger partial charge is 0.330 e. The minimum absolute atomic E-state index is 0.322. The van der Waals surface area contributed by atoms with Crippen molar-refractivity contribution in [1.29, 1.82) is 0 Å². The van der Waals surface area contributed by atoms with Crippen molar-refractivity contribution in [2.24, 2.45) is 0 Å². The van der Waals surface area contributed by atoms with Gasteiger partial charge in [-0.1, -0.05) is 56.3 Å². The van der Waals surface area contributed by atoms with Crippen LogP contribution >= 0.6 is 0 Å². The number of aromatic hydroxyl groups is 2. The zero-order valence-electron chi connectivity index (χ0n) is 13.4. The van der Waals surface area contributed by atoms with Crippen LogP contribution in [0.15, 0.2) is 73.3 Å². The van der Waals surface area contributed by atoms with Gasteiger partial charge in [-0.15, -0.1) is 0 Å². The Hall–Kier alpha value is -2.75. The lowest BCUT2D eigenvalue weighted by Gasteiger charge is -1.97. The molecule has 4 heteroatoms. The molecule has 0 aliphatic carbocycles. The second-order valence-electron chi connectivity index (χ2n) is 4.40. The van der Waals surface area contributed by atoms with Gasteiger partial charge in [-0.25, -0.2) is 4.79 Å². The Balaban J connectivity index is 0.000000318. The Kier molecular flexibility index (Phi) is 12.5. The van der Waals surface area contributed by atoms with E-state index in [9.17, 15) is 4.79 Å². The first-order valence-electron chi connectivity index (χ1n) is 7.37. The molecule has 0 aromatic heterocycles. The number of hydrogen-bond acceptors (Lipinski definition) is 4. The number of carbonyl (C=O) groups is 1. The van der Waals surface area contributed by atoms with Crippen molar-refractivity contribution >= 4 is 5.97 Å². The molecule has 0 bridgehead atoms. The summed E-state index contributed by atoms with van der Waals surface area (Å²) in [5, 5.41) is 17.3. The minimum Gasteiger partial charge on any atom is -0.508 e. The standard InChI is InChI=1S/C7H12O2.2C6H6O/c1-3-5-6-9-7(8)4-2;2*7-6-4-2-1-3-5-6/h4H,2-3,5-6H2,1H3;2*1-5,7H. The van der Waals surface area contributed by atoms with Crippen LogP contribution in [0.3, 0.4) is 0 Å². The van der Waals surface area contributed by atoms with Crippen LogP contribution in [0.4, 0.5) is 0 Å². The Morgan fingerprint density at radius 1 is 1.00 bits per heavy atom. The normalized spacial score (nSPS) is 8.57. The van der Waals surface area contributed by atoms with Gasteiger partial charge in [-0.2, -0.15) is 0 Å². The first kappa shape index (κ1) is 20.2. The Bertz CT molecular complexity index is 486. The van der Waals surface area contributed by atoms with E-state index in [1.807, 2.05) is 19.1 Å². The van der Waals surface area contributed by atoms with Crippen LogP contribution in [0.5, 0.6) is 11.5 Å². The number of carbonyl (C=O) groups excluding carboxylic acids is 1. The van der Waals surface area contributed by atoms with Crippen molar-refractivity contribution in [2.75, 3.05) is 6.61 Å². The second-order valence-corrected chi connectivity index (χ2v) is 4.40. The van der Waals surface area contributed by atoms with Crippen LogP contribution in [0.1, 0.15) is 19.8 Å². The van der Waals surface area contributed by atoms with Crippen molar-refractivity contribution < 1.29 is 19.7 Å². The number of rotatable bonds is 4. The predicted octanol–water partition coefficient (Wildman–Crippen LogP) is 4.30. The molecule has 2 rings (SSSR count). The number of para-hydroxylation sites is 2. The maximum absolute atomic E-state index is 10.3. The number of benzene rings is 2. The summed E-state index contributed by atoms with van der Waals surface area (Å²) in [6, 6.07) is 17.4. The SMILES string of the molecule is C=CC(=O)OCCCC.Oc1ccccc1.Oc1ccccc1. The van der Waals surface area contributed by atoms with E-state index in [2.05, 4.69) is 11.3 Å². The maximum atomic E-state index is 10.3. The number of phenolic OH excluding ortho intramolecular Hbond substituents is 2. The molecule has 0 radical (unpaired) electrons. The molecule has 0 amide bonds. The summed E-state index contributed by atoms with van der Waals surface area (Å²) in [7, 11) is 0. The molecule has 2 aromatic rings. The highest BCUT2D eigenvalue weighted by atomic mass is 16.5. The van der Waals surface area contributed by atoms with Crippen LogP contribution in [-0.2, 0) is 9.53 Å². The molecular formula is C19H24O4. The van der Waals surface area contributed by atoms with Gasteiger partial charge >= 0.3 is 5.97 Å². The summed E-state index contributed by atoms with van der Waals surface area (Å²) in [6.07, 6.45) is 3.15. The van der Waals surface area contributed by atoms with Gasteiger partial charge in [0.05, 0.1) is 6.61 Å². The summed E-state index contributed by atoms with van der Waals surface area (Å²) < 4.78 is 4.67. The van der Waals surface area contributed by atoms with E-state index in [1.165, 1.54) is 6.08 Å². The molecule has 4 nitrogen and oxygen atoms in total. The van der Waals surface area contributed by atoms with Gasteiger partial charge in [0.1, 0.15) is 11.5 Å². The highest BCUT2D eigenvalue weighted by Crippen LogP contribution is 2.03. The van der Waals surface area contributed by atoms with Gasteiger partial charge in [0.25, 0.3) is 0 Å². The Morgan fingerprint density at radius 3 is 1.70 bits per heavy atom. The fourth-order valence-electron chi connectivity index (χ4n) is 1.23. The van der Waals surface area contributed by atoms with Crippen molar-refractivity contribution in [3.05, 3.63) is 73.3 Å². The quantitative estimate of drug-likeness (QED) is 0.501. The lowest BCUT2D eigenvalue weighted by Crippen LogP contribution is -2.00. The largest absolute Gasteiger partial charge is 0.508 e. The molecule has 2 aromatic carbocycles. The van der Waals surface area contributed by atoms with Crippen LogP contribution in [0.25, 0.3) is 0 Å². The van der Waals surface area contributed by atoms with Crippen molar-refractivity contribution in [3.63, 3.8) is 0 Å². The molecule has 0 aliphatic rings. The van der Waals surface area contributed by atoms with Gasteiger partial charge in [0.2, 0.25) is 0 Å². The van der Waals surface area contributed by atoms with Gasteiger partial charge < -0.3 is 14.9 Å². The third kappa shape index (κ3) is 14.0. The zero-order valence-corrected chi connectivity index (χ0v) is 13.4. The Morgan fingerprint density at radius 2 is 1.43 bits per heavy atom. The highest BCUT2D eigenvalue weighted by Gasteiger charge is 1.91. The van der Waals surface area contributed by atoms with E-state index in [0.717, 1.165) is 12.8 Å². The zero-order chi connectivity index (χ0) is 17.3. The van der Waals surface area contributed by atoms with E-state index in [-0.39, 0.29) is 5.97 Å². The maximum Gasteiger partial charge on any atom is 0.330 e. The monoisotopic (exact) mass is 316 g/mol. The number of hydrogen-bond donors (Lipinski definition) is 2. The summed E-state index contributed by atoms with van der Waals surface area (Å²) in [5.74, 6) is 0.313. The number of unbranched alkanes of at least 4 members (excludes halogenated alkanes) is 1. The molecule has 0 saturated heterocycles. The highest BCUT2D eigenvalue weighted by molar-refractivity contribution is 5.81. The molecule has 0 unspecified atom stereocenters. The Labute approximate surface area is 137 Å². The number of ether oxygens (including phenoxy) is 1. The van der Waals surface area contributed by atoms with E-state index < -0.39 is 0 Å². The third-order valence-corrected chi connectivity index (χ3v) is 2.42. The van der Waals surface area contributed by atoms with Gasteiger partial charge in [-0.3, -0.25) is 0 Å².